The summed E-state index contributed by atoms with van der Waals surface area (Å²) in [5, 5.41) is 45.0. The average Bonchev–Trinajstić information content (AvgIpc) is 3.10. The predicted octanol–water partition coefficient (Wildman–Crippen LogP) is 8.61. The molecule has 0 aliphatic heterocycles. The second-order valence-corrected chi connectivity index (χ2v) is 15.9. The monoisotopic (exact) mass is 715 g/mol. The zero-order valence-electron chi connectivity index (χ0n) is 34.0. The van der Waals surface area contributed by atoms with E-state index in [0.29, 0.717) is 13.1 Å². The molecular formula is C42H90N4O4. The van der Waals surface area contributed by atoms with Crippen LogP contribution in [0.5, 0.6) is 0 Å². The first kappa shape index (κ1) is 49.7. The third kappa shape index (κ3) is 24.8. The van der Waals surface area contributed by atoms with E-state index in [4.69, 9.17) is 11.5 Å². The Bertz CT molecular complexity index is 653. The second kappa shape index (κ2) is 33.3. The quantitative estimate of drug-likeness (QED) is 0.0275. The zero-order chi connectivity index (χ0) is 37.4. The van der Waals surface area contributed by atoms with Crippen LogP contribution in [0.2, 0.25) is 0 Å². The van der Waals surface area contributed by atoms with Crippen LogP contribution in [0.25, 0.3) is 0 Å². The molecule has 4 atom stereocenters. The molecule has 0 aromatic heterocycles. The van der Waals surface area contributed by atoms with E-state index in [1.807, 2.05) is 0 Å². The van der Waals surface area contributed by atoms with Crippen molar-refractivity contribution in [1.82, 2.24) is 9.80 Å². The van der Waals surface area contributed by atoms with Crippen molar-refractivity contribution >= 4 is 0 Å². The summed E-state index contributed by atoms with van der Waals surface area (Å²) in [6.45, 7) is 9.41. The van der Waals surface area contributed by atoms with Gasteiger partial charge in [0.05, 0.1) is 12.2 Å². The number of aliphatic hydroxyl groups is 4. The number of unbranched alkanes of at least 4 members (excludes halogenated alkanes) is 26. The SMILES string of the molecule is CCCCCCCCCCCCCCCCN(CC(O)CN)C(C)(O)C(C)(O)N(CCCCCCCCCCCCCCCC)CC(O)CN. The molecule has 0 aliphatic rings. The molecule has 0 heterocycles. The van der Waals surface area contributed by atoms with Crippen molar-refractivity contribution in [2.75, 3.05) is 39.3 Å². The molecule has 0 fully saturated rings. The Kier molecular flexibility index (Phi) is 33.1. The molecule has 4 unspecified atom stereocenters. The first-order valence-corrected chi connectivity index (χ1v) is 21.8. The lowest BCUT2D eigenvalue weighted by molar-refractivity contribution is -0.281. The Morgan fingerprint density at radius 2 is 0.600 bits per heavy atom. The summed E-state index contributed by atoms with van der Waals surface area (Å²) in [6.07, 6.45) is 34.0. The number of hydrogen-bond donors (Lipinski definition) is 6. The third-order valence-corrected chi connectivity index (χ3v) is 11.1. The highest BCUT2D eigenvalue weighted by Crippen LogP contribution is 2.31. The van der Waals surface area contributed by atoms with Crippen molar-refractivity contribution in [3.63, 3.8) is 0 Å². The van der Waals surface area contributed by atoms with Crippen LogP contribution in [-0.2, 0) is 0 Å². The molecule has 8 heteroatoms. The van der Waals surface area contributed by atoms with Gasteiger partial charge in [-0.3, -0.25) is 9.80 Å². The van der Waals surface area contributed by atoms with Gasteiger partial charge in [-0.2, -0.15) is 0 Å². The zero-order valence-corrected chi connectivity index (χ0v) is 34.0. The molecule has 8 nitrogen and oxygen atoms in total. The molecule has 0 spiro atoms. The molecule has 8 N–H and O–H groups in total. The van der Waals surface area contributed by atoms with Crippen molar-refractivity contribution in [2.24, 2.45) is 11.5 Å². The van der Waals surface area contributed by atoms with Crippen molar-refractivity contribution in [3.8, 4) is 0 Å². The van der Waals surface area contributed by atoms with Crippen LogP contribution in [0.3, 0.4) is 0 Å². The number of nitrogens with zero attached hydrogens (tertiary/aromatic N) is 2. The van der Waals surface area contributed by atoms with Gasteiger partial charge in [-0.15, -0.1) is 0 Å². The van der Waals surface area contributed by atoms with E-state index >= 15 is 0 Å². The van der Waals surface area contributed by atoms with Crippen molar-refractivity contribution in [1.29, 1.82) is 0 Å². The maximum Gasteiger partial charge on any atom is 0.158 e. The smallest absolute Gasteiger partial charge is 0.158 e. The minimum absolute atomic E-state index is 0.0854. The van der Waals surface area contributed by atoms with Gasteiger partial charge in [-0.25, -0.2) is 0 Å². The summed E-state index contributed by atoms with van der Waals surface area (Å²) in [7, 11) is 0. The fourth-order valence-corrected chi connectivity index (χ4v) is 7.22. The van der Waals surface area contributed by atoms with Gasteiger partial charge in [0.1, 0.15) is 0 Å². The summed E-state index contributed by atoms with van der Waals surface area (Å²) >= 11 is 0. The average molecular weight is 715 g/mol. The molecule has 0 aromatic rings. The first-order valence-electron chi connectivity index (χ1n) is 21.8. The van der Waals surface area contributed by atoms with Crippen LogP contribution in [-0.4, -0.2) is 93.2 Å². The molecule has 0 saturated carbocycles. The van der Waals surface area contributed by atoms with Crippen LogP contribution >= 0.6 is 0 Å². The van der Waals surface area contributed by atoms with Crippen LogP contribution in [0.1, 0.15) is 207 Å². The normalized spacial score (nSPS) is 15.8. The molecule has 0 amide bonds. The Morgan fingerprint density at radius 1 is 0.400 bits per heavy atom. The van der Waals surface area contributed by atoms with Crippen LogP contribution in [0.4, 0.5) is 0 Å². The molecule has 0 aliphatic carbocycles. The second-order valence-electron chi connectivity index (χ2n) is 15.9. The summed E-state index contributed by atoms with van der Waals surface area (Å²) in [5.74, 6) is 0. The third-order valence-electron chi connectivity index (χ3n) is 11.1. The minimum Gasteiger partial charge on any atom is -0.390 e. The topological polar surface area (TPSA) is 139 Å². The Morgan fingerprint density at radius 3 is 0.800 bits per heavy atom. The van der Waals surface area contributed by atoms with Crippen LogP contribution < -0.4 is 11.5 Å². The Hall–Kier alpha value is -0.320. The highest BCUT2D eigenvalue weighted by atomic mass is 16.4. The van der Waals surface area contributed by atoms with Gasteiger partial charge in [0.25, 0.3) is 0 Å². The summed E-state index contributed by atoms with van der Waals surface area (Å²) in [6, 6.07) is 0. The summed E-state index contributed by atoms with van der Waals surface area (Å²) in [5.41, 5.74) is 8.22. The van der Waals surface area contributed by atoms with E-state index < -0.39 is 23.7 Å². The van der Waals surface area contributed by atoms with Gasteiger partial charge in [0.2, 0.25) is 0 Å². The molecular weight excluding hydrogens is 624 g/mol. The molecule has 0 bridgehead atoms. The van der Waals surface area contributed by atoms with E-state index in [0.717, 1.165) is 38.5 Å². The number of aliphatic hydroxyl groups excluding tert-OH is 2. The Labute approximate surface area is 311 Å². The molecule has 50 heavy (non-hydrogen) atoms. The summed E-state index contributed by atoms with van der Waals surface area (Å²) < 4.78 is 0. The van der Waals surface area contributed by atoms with Crippen LogP contribution in [0.15, 0.2) is 0 Å². The van der Waals surface area contributed by atoms with Crippen LogP contribution in [0, 0.1) is 0 Å². The Balaban J connectivity index is 4.75. The molecule has 302 valence electrons. The van der Waals surface area contributed by atoms with Gasteiger partial charge in [0.15, 0.2) is 11.4 Å². The lowest BCUT2D eigenvalue weighted by Gasteiger charge is -2.52. The maximum absolute atomic E-state index is 12.0. The minimum atomic E-state index is -1.68. The van der Waals surface area contributed by atoms with E-state index in [9.17, 15) is 20.4 Å². The van der Waals surface area contributed by atoms with Crippen molar-refractivity contribution in [3.05, 3.63) is 0 Å². The van der Waals surface area contributed by atoms with Crippen molar-refractivity contribution in [2.45, 2.75) is 231 Å². The van der Waals surface area contributed by atoms with E-state index in [1.165, 1.54) is 141 Å². The number of hydrogen-bond acceptors (Lipinski definition) is 8. The molecule has 0 rings (SSSR count). The van der Waals surface area contributed by atoms with E-state index in [-0.39, 0.29) is 26.2 Å². The first-order chi connectivity index (χ1) is 24.1. The van der Waals surface area contributed by atoms with E-state index in [2.05, 4.69) is 13.8 Å². The van der Waals surface area contributed by atoms with Crippen molar-refractivity contribution < 1.29 is 20.4 Å². The fraction of sp³-hybridized carbons (Fsp3) is 1.00. The molecule has 0 radical (unpaired) electrons. The van der Waals surface area contributed by atoms with Gasteiger partial charge < -0.3 is 31.9 Å². The maximum atomic E-state index is 12.0. The largest absolute Gasteiger partial charge is 0.390 e. The lowest BCUT2D eigenvalue weighted by Crippen LogP contribution is -2.70. The molecule has 0 saturated heterocycles. The standard InChI is InChI=1S/C42H90N4O4/c1-5-7-9-11-13-15-17-19-21-23-25-27-29-31-33-45(37-39(47)35-43)41(3,49)42(4,50)46(38-40(48)36-44)34-32-30-28-26-24-22-20-18-16-14-12-10-8-6-2/h39-40,47-50H,5-38,43-44H2,1-4H3. The fourth-order valence-electron chi connectivity index (χ4n) is 7.22. The van der Waals surface area contributed by atoms with Gasteiger partial charge in [0, 0.05) is 39.3 Å². The van der Waals surface area contributed by atoms with Gasteiger partial charge in [-0.05, 0) is 26.7 Å². The highest BCUT2D eigenvalue weighted by Gasteiger charge is 2.50. The lowest BCUT2D eigenvalue weighted by atomic mass is 9.96. The highest BCUT2D eigenvalue weighted by molar-refractivity contribution is 4.95. The molecule has 0 aromatic carbocycles. The van der Waals surface area contributed by atoms with Gasteiger partial charge >= 0.3 is 0 Å². The predicted molar refractivity (Wildman–Crippen MR) is 215 cm³/mol. The van der Waals surface area contributed by atoms with Gasteiger partial charge in [-0.1, -0.05) is 181 Å². The number of nitrogens with two attached hydrogens (primary N) is 2. The number of rotatable bonds is 39. The van der Waals surface area contributed by atoms with E-state index in [1.54, 1.807) is 23.6 Å². The summed E-state index contributed by atoms with van der Waals surface area (Å²) in [4.78, 5) is 3.58.